The van der Waals surface area contributed by atoms with E-state index in [1.165, 1.54) is 24.3 Å². The maximum atomic E-state index is 3.54. The Morgan fingerprint density at radius 1 is 1.29 bits per heavy atom. The largest absolute Gasteiger partial charge is 0.312 e. The van der Waals surface area contributed by atoms with E-state index < -0.39 is 0 Å². The van der Waals surface area contributed by atoms with Crippen LogP contribution in [0.1, 0.15) is 40.0 Å². The van der Waals surface area contributed by atoms with E-state index in [0.29, 0.717) is 6.04 Å². The summed E-state index contributed by atoms with van der Waals surface area (Å²) in [7, 11) is 0. The van der Waals surface area contributed by atoms with E-state index >= 15 is 0 Å². The third-order valence-electron chi connectivity index (χ3n) is 1.88. The van der Waals surface area contributed by atoms with E-state index in [1.807, 2.05) is 18.7 Å². The number of nitrogens with one attached hydrogen (secondary N) is 1. The third kappa shape index (κ3) is 8.47. The van der Waals surface area contributed by atoms with Gasteiger partial charge in [-0.1, -0.05) is 13.8 Å². The van der Waals surface area contributed by atoms with Crippen molar-refractivity contribution in [1.29, 1.82) is 0 Å². The summed E-state index contributed by atoms with van der Waals surface area (Å²) in [5, 5.41) is 3.54. The van der Waals surface area contributed by atoms with Crippen molar-refractivity contribution in [2.45, 2.75) is 46.1 Å². The van der Waals surface area contributed by atoms with E-state index in [2.05, 4.69) is 31.0 Å². The number of hydrogen-bond donors (Lipinski definition) is 1. The van der Waals surface area contributed by atoms with Gasteiger partial charge in [-0.15, -0.1) is 11.8 Å². The second kappa shape index (κ2) is 10.9. The van der Waals surface area contributed by atoms with Crippen LogP contribution in [0.2, 0.25) is 0 Å². The van der Waals surface area contributed by atoms with Gasteiger partial charge < -0.3 is 5.32 Å². The van der Waals surface area contributed by atoms with Gasteiger partial charge in [-0.2, -0.15) is 11.8 Å². The van der Waals surface area contributed by atoms with Crippen molar-refractivity contribution >= 4 is 11.8 Å². The van der Waals surface area contributed by atoms with Crippen molar-refractivity contribution < 1.29 is 0 Å². The summed E-state index contributed by atoms with van der Waals surface area (Å²) in [5.74, 6) is 8.59. The monoisotopic (exact) mass is 213 g/mol. The number of hydrogen-bond acceptors (Lipinski definition) is 2. The average molecular weight is 213 g/mol. The molecule has 1 unspecified atom stereocenters. The number of rotatable bonds is 8. The Hall–Kier alpha value is -0.130. The molecule has 14 heavy (non-hydrogen) atoms. The predicted octanol–water partition coefficient (Wildman–Crippen LogP) is 2.91. The van der Waals surface area contributed by atoms with Gasteiger partial charge >= 0.3 is 0 Å². The fourth-order valence-corrected chi connectivity index (χ4v) is 2.11. The fraction of sp³-hybridized carbons (Fsp3) is 0.833. The van der Waals surface area contributed by atoms with Crippen molar-refractivity contribution in [2.75, 3.05) is 18.1 Å². The van der Waals surface area contributed by atoms with Crippen LogP contribution in [0.25, 0.3) is 0 Å². The molecule has 0 aliphatic heterocycles. The van der Waals surface area contributed by atoms with Gasteiger partial charge in [-0.3, -0.25) is 0 Å². The maximum absolute atomic E-state index is 3.54. The molecule has 0 aromatic carbocycles. The Kier molecular flexibility index (Phi) is 10.8. The lowest BCUT2D eigenvalue weighted by atomic mass is 10.2. The second-order valence-corrected chi connectivity index (χ2v) is 4.51. The van der Waals surface area contributed by atoms with Crippen LogP contribution in [0.5, 0.6) is 0 Å². The highest BCUT2D eigenvalue weighted by atomic mass is 32.2. The molecule has 0 spiro atoms. The Balaban J connectivity index is 3.64. The lowest BCUT2D eigenvalue weighted by Crippen LogP contribution is -2.31. The Bertz CT molecular complexity index is 169. The maximum Gasteiger partial charge on any atom is 0.0267 e. The minimum absolute atomic E-state index is 0.582. The summed E-state index contributed by atoms with van der Waals surface area (Å²) in [4.78, 5) is 0. The second-order valence-electron chi connectivity index (χ2n) is 3.36. The van der Waals surface area contributed by atoms with Crippen molar-refractivity contribution in [3.63, 3.8) is 0 Å². The van der Waals surface area contributed by atoms with Crippen molar-refractivity contribution in [3.05, 3.63) is 0 Å². The summed E-state index contributed by atoms with van der Waals surface area (Å²) in [6, 6.07) is 0.582. The fourth-order valence-electron chi connectivity index (χ4n) is 1.13. The van der Waals surface area contributed by atoms with Crippen LogP contribution in [0.15, 0.2) is 0 Å². The molecule has 1 N–H and O–H groups in total. The minimum Gasteiger partial charge on any atom is -0.312 e. The lowest BCUT2D eigenvalue weighted by Gasteiger charge is -2.15. The van der Waals surface area contributed by atoms with Crippen LogP contribution in [-0.2, 0) is 0 Å². The topological polar surface area (TPSA) is 12.0 Å². The SMILES string of the molecule is CC#CCC(CSCCC)NCCC. The summed E-state index contributed by atoms with van der Waals surface area (Å²) in [6.45, 7) is 7.46. The van der Waals surface area contributed by atoms with E-state index in [9.17, 15) is 0 Å². The predicted molar refractivity (Wildman–Crippen MR) is 67.8 cm³/mol. The molecule has 0 fully saturated rings. The zero-order chi connectivity index (χ0) is 10.6. The van der Waals surface area contributed by atoms with E-state index in [0.717, 1.165) is 13.0 Å². The first-order chi connectivity index (χ1) is 6.85. The van der Waals surface area contributed by atoms with E-state index in [-0.39, 0.29) is 0 Å². The Labute approximate surface area is 93.4 Å². The molecule has 0 aliphatic rings. The molecule has 0 rings (SSSR count). The summed E-state index contributed by atoms with van der Waals surface area (Å²) in [6.07, 6.45) is 3.46. The molecule has 0 saturated heterocycles. The minimum atomic E-state index is 0.582. The van der Waals surface area contributed by atoms with E-state index in [1.54, 1.807) is 0 Å². The first kappa shape index (κ1) is 13.9. The van der Waals surface area contributed by atoms with Gasteiger partial charge in [0, 0.05) is 18.2 Å². The van der Waals surface area contributed by atoms with Crippen LogP contribution >= 0.6 is 11.8 Å². The molecule has 0 aromatic heterocycles. The summed E-state index contributed by atoms with van der Waals surface area (Å²) >= 11 is 2.03. The quantitative estimate of drug-likeness (QED) is 0.491. The average Bonchev–Trinajstić information content (AvgIpc) is 2.21. The molecule has 0 aromatic rings. The molecule has 0 heterocycles. The molecular formula is C12H23NS. The smallest absolute Gasteiger partial charge is 0.0267 e. The highest BCUT2D eigenvalue weighted by Crippen LogP contribution is 2.06. The summed E-state index contributed by atoms with van der Waals surface area (Å²) < 4.78 is 0. The van der Waals surface area contributed by atoms with Gasteiger partial charge in [0.25, 0.3) is 0 Å². The molecule has 1 nitrogen and oxygen atoms in total. The van der Waals surface area contributed by atoms with Crippen LogP contribution in [-0.4, -0.2) is 24.1 Å². The normalized spacial score (nSPS) is 11.9. The zero-order valence-electron chi connectivity index (χ0n) is 9.73. The first-order valence-electron chi connectivity index (χ1n) is 5.55. The van der Waals surface area contributed by atoms with Gasteiger partial charge in [0.15, 0.2) is 0 Å². The Morgan fingerprint density at radius 2 is 2.07 bits per heavy atom. The van der Waals surface area contributed by atoms with Crippen LogP contribution in [0, 0.1) is 11.8 Å². The van der Waals surface area contributed by atoms with Gasteiger partial charge in [-0.05, 0) is 32.1 Å². The Morgan fingerprint density at radius 3 is 2.64 bits per heavy atom. The standard InChI is InChI=1S/C12H23NS/c1-4-7-8-12(13-9-5-2)11-14-10-6-3/h12-13H,5-6,8-11H2,1-3H3. The van der Waals surface area contributed by atoms with Crippen molar-refractivity contribution in [3.8, 4) is 11.8 Å². The summed E-state index contributed by atoms with van der Waals surface area (Å²) in [5.41, 5.74) is 0. The molecule has 82 valence electrons. The molecule has 0 bridgehead atoms. The van der Waals surface area contributed by atoms with Gasteiger partial charge in [0.05, 0.1) is 0 Å². The first-order valence-corrected chi connectivity index (χ1v) is 6.71. The van der Waals surface area contributed by atoms with Crippen LogP contribution in [0.3, 0.4) is 0 Å². The third-order valence-corrected chi connectivity index (χ3v) is 3.21. The van der Waals surface area contributed by atoms with Crippen LogP contribution in [0.4, 0.5) is 0 Å². The lowest BCUT2D eigenvalue weighted by molar-refractivity contribution is 0.563. The van der Waals surface area contributed by atoms with Gasteiger partial charge in [-0.25, -0.2) is 0 Å². The van der Waals surface area contributed by atoms with E-state index in [4.69, 9.17) is 0 Å². The molecule has 1 atom stereocenters. The molecule has 0 amide bonds. The molecule has 2 heteroatoms. The van der Waals surface area contributed by atoms with Crippen molar-refractivity contribution in [2.24, 2.45) is 0 Å². The molecule has 0 aliphatic carbocycles. The number of thioether (sulfide) groups is 1. The van der Waals surface area contributed by atoms with Crippen LogP contribution < -0.4 is 5.32 Å². The molecular weight excluding hydrogens is 190 g/mol. The highest BCUT2D eigenvalue weighted by Gasteiger charge is 2.04. The molecule has 0 saturated carbocycles. The van der Waals surface area contributed by atoms with Crippen molar-refractivity contribution in [1.82, 2.24) is 5.32 Å². The zero-order valence-corrected chi connectivity index (χ0v) is 10.5. The molecule has 0 radical (unpaired) electrons. The highest BCUT2D eigenvalue weighted by molar-refractivity contribution is 7.99. The van der Waals surface area contributed by atoms with Gasteiger partial charge in [0.1, 0.15) is 0 Å². The van der Waals surface area contributed by atoms with Gasteiger partial charge in [0.2, 0.25) is 0 Å².